The summed E-state index contributed by atoms with van der Waals surface area (Å²) in [7, 11) is 1.86. The van der Waals surface area contributed by atoms with Gasteiger partial charge in [-0.3, -0.25) is 0 Å². The van der Waals surface area contributed by atoms with Gasteiger partial charge in [0.25, 0.3) is 0 Å². The molecular weight excluding hydrogens is 218 g/mol. The van der Waals surface area contributed by atoms with Gasteiger partial charge in [-0.15, -0.1) is 0 Å². The molecule has 3 atom stereocenters. The lowest BCUT2D eigenvalue weighted by Crippen LogP contribution is -2.45. The summed E-state index contributed by atoms with van der Waals surface area (Å²) in [5, 5.41) is 4.60. The van der Waals surface area contributed by atoms with Crippen LogP contribution in [0.15, 0.2) is 0 Å². The molecule has 0 amide bonds. The first kappa shape index (κ1) is 12.7. The molecule has 1 aliphatic heterocycles. The van der Waals surface area contributed by atoms with Gasteiger partial charge in [-0.2, -0.15) is 11.8 Å². The van der Waals surface area contributed by atoms with Gasteiger partial charge in [0.2, 0.25) is 0 Å². The van der Waals surface area contributed by atoms with Crippen LogP contribution in [0.25, 0.3) is 0 Å². The smallest absolute Gasteiger partial charge is 0.0724 e. The lowest BCUT2D eigenvalue weighted by molar-refractivity contribution is 0.0420. The molecule has 0 spiro atoms. The van der Waals surface area contributed by atoms with Gasteiger partial charge in [-0.05, 0) is 31.4 Å². The molecule has 3 heteroatoms. The Hall–Kier alpha value is 0.270. The number of nitrogens with one attached hydrogen (secondary N) is 1. The number of hydrogen-bond acceptors (Lipinski definition) is 3. The van der Waals surface area contributed by atoms with Crippen LogP contribution in [0.4, 0.5) is 0 Å². The summed E-state index contributed by atoms with van der Waals surface area (Å²) in [4.78, 5) is 0. The van der Waals surface area contributed by atoms with Gasteiger partial charge in [0, 0.05) is 24.9 Å². The lowest BCUT2D eigenvalue weighted by atomic mass is 9.92. The van der Waals surface area contributed by atoms with Crippen LogP contribution >= 0.6 is 11.8 Å². The van der Waals surface area contributed by atoms with E-state index in [-0.39, 0.29) is 0 Å². The monoisotopic (exact) mass is 243 g/mol. The number of ether oxygens (including phenoxy) is 1. The van der Waals surface area contributed by atoms with E-state index in [4.69, 9.17) is 4.74 Å². The van der Waals surface area contributed by atoms with E-state index in [1.54, 1.807) is 0 Å². The summed E-state index contributed by atoms with van der Waals surface area (Å²) in [5.74, 6) is 1.37. The Morgan fingerprint density at radius 1 is 1.12 bits per heavy atom. The van der Waals surface area contributed by atoms with Crippen molar-refractivity contribution in [1.29, 1.82) is 0 Å². The van der Waals surface area contributed by atoms with Gasteiger partial charge in [0.1, 0.15) is 0 Å². The Labute approximate surface area is 104 Å². The highest BCUT2D eigenvalue weighted by Crippen LogP contribution is 2.26. The van der Waals surface area contributed by atoms with E-state index < -0.39 is 0 Å². The highest BCUT2D eigenvalue weighted by molar-refractivity contribution is 7.99. The molecular formula is C13H25NOS. The zero-order valence-corrected chi connectivity index (χ0v) is 11.2. The quantitative estimate of drug-likeness (QED) is 0.820. The third-order valence-corrected chi connectivity index (χ3v) is 5.29. The molecule has 1 heterocycles. The van der Waals surface area contributed by atoms with Crippen molar-refractivity contribution in [2.45, 2.75) is 62.3 Å². The average Bonchev–Trinajstić information content (AvgIpc) is 2.38. The lowest BCUT2D eigenvalue weighted by Gasteiger charge is -2.33. The summed E-state index contributed by atoms with van der Waals surface area (Å²) in [6.07, 6.45) is 9.97. The van der Waals surface area contributed by atoms with E-state index in [9.17, 15) is 0 Å². The topological polar surface area (TPSA) is 21.3 Å². The van der Waals surface area contributed by atoms with E-state index in [1.165, 1.54) is 57.2 Å². The van der Waals surface area contributed by atoms with E-state index in [0.29, 0.717) is 12.1 Å². The van der Waals surface area contributed by atoms with Crippen LogP contribution in [0.1, 0.15) is 44.9 Å². The molecule has 0 aromatic heterocycles. The zero-order valence-electron chi connectivity index (χ0n) is 10.4. The highest BCUT2D eigenvalue weighted by atomic mass is 32.2. The molecule has 1 saturated carbocycles. The van der Waals surface area contributed by atoms with Crippen molar-refractivity contribution in [3.05, 3.63) is 0 Å². The molecule has 2 nitrogen and oxygen atoms in total. The van der Waals surface area contributed by atoms with E-state index in [1.807, 2.05) is 7.11 Å². The van der Waals surface area contributed by atoms with Crippen molar-refractivity contribution in [3.8, 4) is 0 Å². The van der Waals surface area contributed by atoms with Crippen molar-refractivity contribution in [3.63, 3.8) is 0 Å². The molecule has 1 aliphatic carbocycles. The van der Waals surface area contributed by atoms with Crippen LogP contribution in [0.3, 0.4) is 0 Å². The first-order valence-corrected chi connectivity index (χ1v) is 7.83. The van der Waals surface area contributed by atoms with Gasteiger partial charge in [0.05, 0.1) is 6.10 Å². The molecule has 1 saturated heterocycles. The first-order chi connectivity index (χ1) is 7.90. The van der Waals surface area contributed by atoms with Crippen molar-refractivity contribution in [2.24, 2.45) is 0 Å². The van der Waals surface area contributed by atoms with Crippen LogP contribution in [-0.4, -0.2) is 36.8 Å². The largest absolute Gasteiger partial charge is 0.380 e. The Morgan fingerprint density at radius 3 is 2.69 bits per heavy atom. The van der Waals surface area contributed by atoms with Gasteiger partial charge in [0.15, 0.2) is 0 Å². The Bertz CT molecular complexity index is 194. The van der Waals surface area contributed by atoms with Crippen LogP contribution in [0.2, 0.25) is 0 Å². The minimum atomic E-state index is 0.461. The van der Waals surface area contributed by atoms with Gasteiger partial charge in [-0.25, -0.2) is 0 Å². The first-order valence-electron chi connectivity index (χ1n) is 6.78. The van der Waals surface area contributed by atoms with Crippen LogP contribution < -0.4 is 5.32 Å². The molecule has 0 radical (unpaired) electrons. The molecule has 0 aromatic rings. The molecule has 0 bridgehead atoms. The average molecular weight is 243 g/mol. The number of methoxy groups -OCH3 is 1. The normalized spacial score (nSPS) is 36.2. The van der Waals surface area contributed by atoms with Gasteiger partial charge >= 0.3 is 0 Å². The summed E-state index contributed by atoms with van der Waals surface area (Å²) in [6.45, 7) is 1.19. The number of rotatable bonds is 4. The number of hydrogen-bond donors (Lipinski definition) is 1. The van der Waals surface area contributed by atoms with Gasteiger partial charge in [-0.1, -0.05) is 19.3 Å². The van der Waals surface area contributed by atoms with Crippen molar-refractivity contribution < 1.29 is 4.74 Å². The minimum Gasteiger partial charge on any atom is -0.380 e. The third-order valence-electron chi connectivity index (χ3n) is 3.89. The molecule has 1 N–H and O–H groups in total. The second kappa shape index (κ2) is 6.87. The second-order valence-corrected chi connectivity index (χ2v) is 6.47. The van der Waals surface area contributed by atoms with Crippen LogP contribution in [0, 0.1) is 0 Å². The molecule has 16 heavy (non-hydrogen) atoms. The Kier molecular flexibility index (Phi) is 5.46. The summed E-state index contributed by atoms with van der Waals surface area (Å²) < 4.78 is 5.57. The van der Waals surface area contributed by atoms with E-state index in [2.05, 4.69) is 17.1 Å². The SMILES string of the molecule is COC1CCCCC1NCC1CCCCS1. The van der Waals surface area contributed by atoms with Crippen LogP contribution in [-0.2, 0) is 4.74 Å². The third kappa shape index (κ3) is 3.64. The Morgan fingerprint density at radius 2 is 1.94 bits per heavy atom. The highest BCUT2D eigenvalue weighted by Gasteiger charge is 2.25. The van der Waals surface area contributed by atoms with E-state index >= 15 is 0 Å². The molecule has 3 unspecified atom stereocenters. The van der Waals surface area contributed by atoms with Crippen molar-refractivity contribution in [1.82, 2.24) is 5.32 Å². The summed E-state index contributed by atoms with van der Waals surface area (Å²) in [6, 6.07) is 0.612. The maximum atomic E-state index is 5.57. The standard InChI is InChI=1S/C13H25NOS/c1-15-13-8-3-2-7-12(13)14-10-11-6-4-5-9-16-11/h11-14H,2-10H2,1H3. The predicted molar refractivity (Wildman–Crippen MR) is 71.2 cm³/mol. The van der Waals surface area contributed by atoms with Gasteiger partial charge < -0.3 is 10.1 Å². The molecule has 94 valence electrons. The fraction of sp³-hybridized carbons (Fsp3) is 1.00. The summed E-state index contributed by atoms with van der Waals surface area (Å²) >= 11 is 2.16. The minimum absolute atomic E-state index is 0.461. The zero-order chi connectivity index (χ0) is 11.2. The predicted octanol–water partition coefficient (Wildman–Crippen LogP) is 2.82. The second-order valence-electron chi connectivity index (χ2n) is 5.06. The van der Waals surface area contributed by atoms with Crippen molar-refractivity contribution in [2.75, 3.05) is 19.4 Å². The summed E-state index contributed by atoms with van der Waals surface area (Å²) in [5.41, 5.74) is 0. The maximum absolute atomic E-state index is 5.57. The van der Waals surface area contributed by atoms with Crippen LogP contribution in [0.5, 0.6) is 0 Å². The fourth-order valence-electron chi connectivity index (χ4n) is 2.86. The molecule has 2 rings (SSSR count). The Balaban J connectivity index is 1.70. The maximum Gasteiger partial charge on any atom is 0.0724 e. The van der Waals surface area contributed by atoms with Crippen molar-refractivity contribution >= 4 is 11.8 Å². The van der Waals surface area contributed by atoms with E-state index in [0.717, 1.165) is 5.25 Å². The molecule has 2 aliphatic rings. The fourth-order valence-corrected chi connectivity index (χ4v) is 4.12. The molecule has 2 fully saturated rings. The molecule has 0 aromatic carbocycles. The number of thioether (sulfide) groups is 1.